The Kier molecular flexibility index (Phi) is 3.94. The molecule has 0 saturated heterocycles. The first kappa shape index (κ1) is 12.6. The Labute approximate surface area is 105 Å². The first-order valence-electron chi connectivity index (χ1n) is 5.86. The van der Waals surface area contributed by atoms with Crippen LogP contribution in [0, 0.1) is 0 Å². The molecule has 0 spiro atoms. The molecule has 5 nitrogen and oxygen atoms in total. The Morgan fingerprint density at radius 2 is 2.06 bits per heavy atom. The maximum absolute atomic E-state index is 11.8. The largest absolute Gasteiger partial charge is 0.481 e. The highest BCUT2D eigenvalue weighted by Crippen LogP contribution is 2.20. The van der Waals surface area contributed by atoms with Gasteiger partial charge in [-0.1, -0.05) is 6.07 Å². The van der Waals surface area contributed by atoms with Gasteiger partial charge in [-0.3, -0.25) is 9.59 Å². The topological polar surface area (TPSA) is 75.6 Å². The molecule has 2 N–H and O–H groups in total. The number of carbonyl (C=O) groups is 2. The Morgan fingerprint density at radius 1 is 1.28 bits per heavy atom. The number of carboxylic acid groups (broad SMARTS) is 1. The maximum atomic E-state index is 11.8. The lowest BCUT2D eigenvalue weighted by molar-refractivity contribution is -0.137. The number of hydrogen-bond acceptors (Lipinski definition) is 3. The molecule has 1 aliphatic heterocycles. The number of carboxylic acids is 1. The summed E-state index contributed by atoms with van der Waals surface area (Å²) in [4.78, 5) is 22.1. The minimum absolute atomic E-state index is 0.0678. The fourth-order valence-electron chi connectivity index (χ4n) is 1.86. The molecule has 0 atom stereocenters. The summed E-state index contributed by atoms with van der Waals surface area (Å²) in [6.45, 7) is 1.53. The number of hydrogen-bond donors (Lipinski definition) is 2. The first-order chi connectivity index (χ1) is 8.66. The van der Waals surface area contributed by atoms with Crippen LogP contribution in [-0.2, 0) is 22.7 Å². The molecule has 0 unspecified atom stereocenters. The van der Waals surface area contributed by atoms with Crippen LogP contribution in [-0.4, -0.2) is 23.5 Å². The molecule has 0 bridgehead atoms. The molecule has 1 heterocycles. The van der Waals surface area contributed by atoms with E-state index in [1.165, 1.54) is 0 Å². The highest BCUT2D eigenvalue weighted by molar-refractivity contribution is 5.94. The zero-order chi connectivity index (χ0) is 13.0. The van der Waals surface area contributed by atoms with Gasteiger partial charge in [0.2, 0.25) is 0 Å². The van der Waals surface area contributed by atoms with Crippen molar-refractivity contribution >= 4 is 11.9 Å². The van der Waals surface area contributed by atoms with Crippen LogP contribution in [0.5, 0.6) is 0 Å². The van der Waals surface area contributed by atoms with Gasteiger partial charge in [0, 0.05) is 18.5 Å². The number of rotatable bonds is 5. The molecule has 0 saturated carbocycles. The van der Waals surface area contributed by atoms with E-state index in [0.717, 1.165) is 11.1 Å². The minimum Gasteiger partial charge on any atom is -0.481 e. The molecule has 0 aliphatic carbocycles. The van der Waals surface area contributed by atoms with E-state index < -0.39 is 5.97 Å². The predicted octanol–water partition coefficient (Wildman–Crippen LogP) is 1.31. The molecule has 1 aromatic rings. The summed E-state index contributed by atoms with van der Waals surface area (Å²) in [6, 6.07) is 5.49. The summed E-state index contributed by atoms with van der Waals surface area (Å²) in [5.74, 6) is -1.02. The van der Waals surface area contributed by atoms with Gasteiger partial charge in [0.05, 0.1) is 13.2 Å². The second kappa shape index (κ2) is 5.64. The lowest BCUT2D eigenvalue weighted by atomic mass is 10.1. The van der Waals surface area contributed by atoms with Gasteiger partial charge < -0.3 is 15.2 Å². The number of ether oxygens (including phenoxy) is 1. The summed E-state index contributed by atoms with van der Waals surface area (Å²) in [5, 5.41) is 11.2. The molecule has 18 heavy (non-hydrogen) atoms. The van der Waals surface area contributed by atoms with Crippen molar-refractivity contribution in [1.29, 1.82) is 0 Å². The smallest absolute Gasteiger partial charge is 0.303 e. The predicted molar refractivity (Wildman–Crippen MR) is 64.1 cm³/mol. The molecule has 0 fully saturated rings. The number of carbonyl (C=O) groups excluding carboxylic acids is 1. The molecular formula is C13H15NO4. The highest BCUT2D eigenvalue weighted by atomic mass is 16.5. The Morgan fingerprint density at radius 3 is 2.83 bits per heavy atom. The van der Waals surface area contributed by atoms with Gasteiger partial charge in [-0.15, -0.1) is 0 Å². The van der Waals surface area contributed by atoms with E-state index in [1.807, 2.05) is 12.1 Å². The van der Waals surface area contributed by atoms with Crippen molar-refractivity contribution in [3.05, 3.63) is 34.9 Å². The minimum atomic E-state index is -0.848. The third-order valence-electron chi connectivity index (χ3n) is 2.84. The summed E-state index contributed by atoms with van der Waals surface area (Å²) in [7, 11) is 0. The molecule has 96 valence electrons. The van der Waals surface area contributed by atoms with E-state index in [-0.39, 0.29) is 12.3 Å². The lowest BCUT2D eigenvalue weighted by Crippen LogP contribution is -2.25. The van der Waals surface area contributed by atoms with Crippen LogP contribution >= 0.6 is 0 Å². The summed E-state index contributed by atoms with van der Waals surface area (Å²) >= 11 is 0. The average Bonchev–Trinajstić information content (AvgIpc) is 2.81. The van der Waals surface area contributed by atoms with Crippen LogP contribution < -0.4 is 5.32 Å². The van der Waals surface area contributed by atoms with Crippen molar-refractivity contribution < 1.29 is 19.4 Å². The SMILES string of the molecule is O=C(O)CCCNC(=O)c1ccc2c(c1)COC2. The number of amides is 1. The van der Waals surface area contributed by atoms with Crippen LogP contribution in [0.2, 0.25) is 0 Å². The molecule has 1 aliphatic rings. The Bertz CT molecular complexity index is 470. The molecular weight excluding hydrogens is 234 g/mol. The van der Waals surface area contributed by atoms with E-state index in [0.29, 0.717) is 31.7 Å². The quantitative estimate of drug-likeness (QED) is 0.771. The van der Waals surface area contributed by atoms with Crippen LogP contribution in [0.4, 0.5) is 0 Å². The van der Waals surface area contributed by atoms with Crippen molar-refractivity contribution in [3.8, 4) is 0 Å². The Balaban J connectivity index is 1.87. The van der Waals surface area contributed by atoms with Crippen LogP contribution in [0.15, 0.2) is 18.2 Å². The maximum Gasteiger partial charge on any atom is 0.303 e. The number of nitrogens with one attached hydrogen (secondary N) is 1. The highest BCUT2D eigenvalue weighted by Gasteiger charge is 2.13. The van der Waals surface area contributed by atoms with E-state index in [2.05, 4.69) is 5.32 Å². The van der Waals surface area contributed by atoms with Gasteiger partial charge in [0.25, 0.3) is 5.91 Å². The molecule has 5 heteroatoms. The lowest BCUT2D eigenvalue weighted by Gasteiger charge is -2.05. The van der Waals surface area contributed by atoms with Gasteiger partial charge in [-0.05, 0) is 29.7 Å². The fourth-order valence-corrected chi connectivity index (χ4v) is 1.86. The molecule has 0 aromatic heterocycles. The molecule has 1 amide bonds. The zero-order valence-electron chi connectivity index (χ0n) is 9.94. The third kappa shape index (κ3) is 3.07. The summed E-state index contributed by atoms with van der Waals surface area (Å²) in [6.07, 6.45) is 0.507. The standard InChI is InChI=1S/C13H15NO4/c15-12(16)2-1-5-14-13(17)9-3-4-10-7-18-8-11(10)6-9/h3-4,6H,1-2,5,7-8H2,(H,14,17)(H,15,16). The van der Waals surface area contributed by atoms with Gasteiger partial charge in [-0.25, -0.2) is 0 Å². The number of benzene rings is 1. The van der Waals surface area contributed by atoms with Gasteiger partial charge in [0.15, 0.2) is 0 Å². The van der Waals surface area contributed by atoms with E-state index in [4.69, 9.17) is 9.84 Å². The number of aliphatic carboxylic acids is 1. The van der Waals surface area contributed by atoms with E-state index >= 15 is 0 Å². The first-order valence-corrected chi connectivity index (χ1v) is 5.86. The van der Waals surface area contributed by atoms with Crippen molar-refractivity contribution in [2.45, 2.75) is 26.1 Å². The van der Waals surface area contributed by atoms with Crippen molar-refractivity contribution in [3.63, 3.8) is 0 Å². The molecule has 2 rings (SSSR count). The van der Waals surface area contributed by atoms with Crippen LogP contribution in [0.25, 0.3) is 0 Å². The fraction of sp³-hybridized carbons (Fsp3) is 0.385. The van der Waals surface area contributed by atoms with Crippen LogP contribution in [0.1, 0.15) is 34.3 Å². The molecule has 1 aromatic carbocycles. The van der Waals surface area contributed by atoms with Gasteiger partial charge in [-0.2, -0.15) is 0 Å². The normalized spacial score (nSPS) is 13.1. The van der Waals surface area contributed by atoms with Crippen molar-refractivity contribution in [1.82, 2.24) is 5.32 Å². The average molecular weight is 249 g/mol. The van der Waals surface area contributed by atoms with E-state index in [9.17, 15) is 9.59 Å². The molecule has 0 radical (unpaired) electrons. The second-order valence-corrected chi connectivity index (χ2v) is 4.23. The van der Waals surface area contributed by atoms with Crippen molar-refractivity contribution in [2.75, 3.05) is 6.54 Å². The van der Waals surface area contributed by atoms with Crippen molar-refractivity contribution in [2.24, 2.45) is 0 Å². The van der Waals surface area contributed by atoms with E-state index in [1.54, 1.807) is 6.07 Å². The van der Waals surface area contributed by atoms with Gasteiger partial charge >= 0.3 is 5.97 Å². The second-order valence-electron chi connectivity index (χ2n) is 4.23. The summed E-state index contributed by atoms with van der Waals surface area (Å²) < 4.78 is 5.28. The van der Waals surface area contributed by atoms with Crippen LogP contribution in [0.3, 0.4) is 0 Å². The monoisotopic (exact) mass is 249 g/mol. The van der Waals surface area contributed by atoms with Gasteiger partial charge in [0.1, 0.15) is 0 Å². The zero-order valence-corrected chi connectivity index (χ0v) is 9.94. The number of fused-ring (bicyclic) bond motifs is 1. The Hall–Kier alpha value is -1.88. The third-order valence-corrected chi connectivity index (χ3v) is 2.84. The summed E-state index contributed by atoms with van der Waals surface area (Å²) in [5.41, 5.74) is 2.76.